The van der Waals surface area contributed by atoms with Crippen LogP contribution < -0.4 is 14.8 Å². The molecule has 2 N–H and O–H groups in total. The molecule has 0 amide bonds. The van der Waals surface area contributed by atoms with Crippen LogP contribution in [0.4, 0.5) is 11.6 Å². The monoisotopic (exact) mass is 370 g/mol. The van der Waals surface area contributed by atoms with Gasteiger partial charge in [-0.3, -0.25) is 4.72 Å². The molecule has 0 aliphatic carbocycles. The molecule has 0 unspecified atom stereocenters. The number of rotatable bonds is 7. The van der Waals surface area contributed by atoms with Crippen molar-refractivity contribution in [1.29, 1.82) is 0 Å². The van der Waals surface area contributed by atoms with Crippen molar-refractivity contribution >= 4 is 21.7 Å². The minimum atomic E-state index is -3.67. The standard InChI is InChI=1S/C18H18N4O3S/c1-25-15-9-7-14(8-10-15)13-19-17-11-12-18(21-20-17)22-26(23,24)16-5-3-2-4-6-16/h2-12H,13H2,1H3,(H,19,20)(H,21,22). The molecule has 0 saturated carbocycles. The van der Waals surface area contributed by atoms with Crippen molar-refractivity contribution in [3.63, 3.8) is 0 Å². The molecular formula is C18H18N4O3S. The van der Waals surface area contributed by atoms with Crippen LogP contribution in [0.5, 0.6) is 5.75 Å². The van der Waals surface area contributed by atoms with E-state index in [-0.39, 0.29) is 10.7 Å². The highest BCUT2D eigenvalue weighted by atomic mass is 32.2. The summed E-state index contributed by atoms with van der Waals surface area (Å²) < 4.78 is 32.0. The molecule has 0 bridgehead atoms. The Balaban J connectivity index is 1.61. The lowest BCUT2D eigenvalue weighted by Gasteiger charge is -2.08. The number of anilines is 2. The van der Waals surface area contributed by atoms with E-state index >= 15 is 0 Å². The Morgan fingerprint density at radius 2 is 1.54 bits per heavy atom. The largest absolute Gasteiger partial charge is 0.497 e. The lowest BCUT2D eigenvalue weighted by Crippen LogP contribution is -2.14. The van der Waals surface area contributed by atoms with Gasteiger partial charge in [-0.15, -0.1) is 10.2 Å². The van der Waals surface area contributed by atoms with Crippen LogP contribution in [0.1, 0.15) is 5.56 Å². The Bertz CT molecular complexity index is 944. The Hall–Kier alpha value is -3.13. The molecule has 0 aliphatic rings. The van der Waals surface area contributed by atoms with E-state index in [0.717, 1.165) is 11.3 Å². The Morgan fingerprint density at radius 1 is 0.885 bits per heavy atom. The van der Waals surface area contributed by atoms with Crippen LogP contribution in [-0.4, -0.2) is 25.7 Å². The number of methoxy groups -OCH3 is 1. The normalized spacial score (nSPS) is 11.0. The molecule has 2 aromatic carbocycles. The van der Waals surface area contributed by atoms with Gasteiger partial charge in [-0.25, -0.2) is 8.42 Å². The minimum Gasteiger partial charge on any atom is -0.497 e. The van der Waals surface area contributed by atoms with Crippen LogP contribution >= 0.6 is 0 Å². The molecule has 1 aromatic heterocycles. The quantitative estimate of drug-likeness (QED) is 0.664. The average molecular weight is 370 g/mol. The van der Waals surface area contributed by atoms with Crippen molar-refractivity contribution in [1.82, 2.24) is 10.2 Å². The number of ether oxygens (including phenoxy) is 1. The van der Waals surface area contributed by atoms with Crippen LogP contribution in [0.15, 0.2) is 71.6 Å². The summed E-state index contributed by atoms with van der Waals surface area (Å²) in [5, 5.41) is 11.0. The van der Waals surface area contributed by atoms with Crippen molar-refractivity contribution in [2.75, 3.05) is 17.1 Å². The molecule has 134 valence electrons. The third-order valence-corrected chi connectivity index (χ3v) is 4.96. The van der Waals surface area contributed by atoms with Gasteiger partial charge in [0.2, 0.25) is 0 Å². The second-order valence-electron chi connectivity index (χ2n) is 5.42. The van der Waals surface area contributed by atoms with Crippen LogP contribution in [0.2, 0.25) is 0 Å². The first-order valence-electron chi connectivity index (χ1n) is 7.85. The molecule has 0 aliphatic heterocycles. The molecule has 0 spiro atoms. The number of aromatic nitrogens is 2. The van der Waals surface area contributed by atoms with Gasteiger partial charge < -0.3 is 10.1 Å². The highest BCUT2D eigenvalue weighted by Crippen LogP contribution is 2.15. The fourth-order valence-corrected chi connectivity index (χ4v) is 3.23. The van der Waals surface area contributed by atoms with E-state index in [1.54, 1.807) is 37.4 Å². The predicted octanol–water partition coefficient (Wildman–Crippen LogP) is 2.90. The molecule has 3 rings (SSSR count). The van der Waals surface area contributed by atoms with Crippen LogP contribution in [0, 0.1) is 0 Å². The second-order valence-corrected chi connectivity index (χ2v) is 7.11. The van der Waals surface area contributed by atoms with Gasteiger partial charge in [0, 0.05) is 6.54 Å². The summed E-state index contributed by atoms with van der Waals surface area (Å²) in [5.74, 6) is 1.50. The van der Waals surface area contributed by atoms with Crippen molar-refractivity contribution in [3.05, 3.63) is 72.3 Å². The number of nitrogens with zero attached hydrogens (tertiary/aromatic N) is 2. The minimum absolute atomic E-state index is 0.156. The van der Waals surface area contributed by atoms with Crippen molar-refractivity contribution in [2.24, 2.45) is 0 Å². The van der Waals surface area contributed by atoms with E-state index < -0.39 is 10.0 Å². The Labute approximate surface area is 152 Å². The third-order valence-electron chi connectivity index (χ3n) is 3.59. The van der Waals surface area contributed by atoms with E-state index in [4.69, 9.17) is 4.74 Å². The molecule has 8 heteroatoms. The van der Waals surface area contributed by atoms with E-state index in [1.807, 2.05) is 24.3 Å². The number of hydrogen-bond donors (Lipinski definition) is 2. The summed E-state index contributed by atoms with van der Waals surface area (Å²) in [6.07, 6.45) is 0. The maximum Gasteiger partial charge on any atom is 0.263 e. The van der Waals surface area contributed by atoms with Crippen molar-refractivity contribution in [2.45, 2.75) is 11.4 Å². The van der Waals surface area contributed by atoms with Gasteiger partial charge in [0.05, 0.1) is 12.0 Å². The molecule has 0 radical (unpaired) electrons. The van der Waals surface area contributed by atoms with Gasteiger partial charge in [0.25, 0.3) is 10.0 Å². The zero-order chi connectivity index (χ0) is 18.4. The molecule has 0 saturated heterocycles. The summed E-state index contributed by atoms with van der Waals surface area (Å²) in [4.78, 5) is 0.170. The zero-order valence-electron chi connectivity index (χ0n) is 14.1. The van der Waals surface area contributed by atoms with Gasteiger partial charge in [-0.05, 0) is 42.0 Å². The smallest absolute Gasteiger partial charge is 0.263 e. The number of benzene rings is 2. The fourth-order valence-electron chi connectivity index (χ4n) is 2.21. The highest BCUT2D eigenvalue weighted by Gasteiger charge is 2.14. The van der Waals surface area contributed by atoms with Gasteiger partial charge in [-0.1, -0.05) is 30.3 Å². The summed E-state index contributed by atoms with van der Waals surface area (Å²) >= 11 is 0. The number of hydrogen-bond acceptors (Lipinski definition) is 6. The van der Waals surface area contributed by atoms with Crippen LogP contribution in [0.25, 0.3) is 0 Å². The van der Waals surface area contributed by atoms with Crippen LogP contribution in [-0.2, 0) is 16.6 Å². The van der Waals surface area contributed by atoms with Crippen LogP contribution in [0.3, 0.4) is 0 Å². The number of sulfonamides is 1. The zero-order valence-corrected chi connectivity index (χ0v) is 14.9. The Kier molecular flexibility index (Phi) is 5.33. The van der Waals surface area contributed by atoms with E-state index in [2.05, 4.69) is 20.2 Å². The predicted molar refractivity (Wildman–Crippen MR) is 99.6 cm³/mol. The Morgan fingerprint density at radius 3 is 2.15 bits per heavy atom. The summed E-state index contributed by atoms with van der Waals surface area (Å²) in [5.41, 5.74) is 1.06. The van der Waals surface area contributed by atoms with Gasteiger partial charge in [-0.2, -0.15) is 0 Å². The average Bonchev–Trinajstić information content (AvgIpc) is 2.68. The second kappa shape index (κ2) is 7.83. The van der Waals surface area contributed by atoms with E-state index in [9.17, 15) is 8.42 Å². The maximum absolute atomic E-state index is 12.2. The maximum atomic E-state index is 12.2. The van der Waals surface area contributed by atoms with Gasteiger partial charge in [0.15, 0.2) is 5.82 Å². The molecule has 0 atom stereocenters. The van der Waals surface area contributed by atoms with Gasteiger partial charge in [0.1, 0.15) is 11.6 Å². The van der Waals surface area contributed by atoms with E-state index in [1.165, 1.54) is 12.1 Å². The molecule has 0 fully saturated rings. The van der Waals surface area contributed by atoms with E-state index in [0.29, 0.717) is 12.4 Å². The molecule has 3 aromatic rings. The first-order chi connectivity index (χ1) is 12.6. The number of nitrogens with one attached hydrogen (secondary N) is 2. The third kappa shape index (κ3) is 4.48. The summed E-state index contributed by atoms with van der Waals surface area (Å²) in [6, 6.07) is 19.0. The molecular weight excluding hydrogens is 352 g/mol. The summed E-state index contributed by atoms with van der Waals surface area (Å²) in [7, 11) is -2.05. The first-order valence-corrected chi connectivity index (χ1v) is 9.33. The lowest BCUT2D eigenvalue weighted by atomic mass is 10.2. The summed E-state index contributed by atoms with van der Waals surface area (Å²) in [6.45, 7) is 0.563. The molecule has 7 nitrogen and oxygen atoms in total. The molecule has 26 heavy (non-hydrogen) atoms. The highest BCUT2D eigenvalue weighted by molar-refractivity contribution is 7.92. The SMILES string of the molecule is COc1ccc(CNc2ccc(NS(=O)(=O)c3ccccc3)nn2)cc1. The molecule has 1 heterocycles. The fraction of sp³-hybridized carbons (Fsp3) is 0.111. The topological polar surface area (TPSA) is 93.2 Å². The lowest BCUT2D eigenvalue weighted by molar-refractivity contribution is 0.414. The van der Waals surface area contributed by atoms with Crippen molar-refractivity contribution in [3.8, 4) is 5.75 Å². The van der Waals surface area contributed by atoms with Gasteiger partial charge >= 0.3 is 0 Å². The first kappa shape index (κ1) is 17.7. The van der Waals surface area contributed by atoms with Crippen molar-refractivity contribution < 1.29 is 13.2 Å².